The van der Waals surface area contributed by atoms with Crippen molar-refractivity contribution >= 4 is 34.3 Å². The Morgan fingerprint density at radius 2 is 1.26 bits per heavy atom. The zero-order chi connectivity index (χ0) is 19.6. The van der Waals surface area contributed by atoms with E-state index in [-0.39, 0.29) is 13.2 Å². The van der Waals surface area contributed by atoms with Gasteiger partial charge in [-0.1, -0.05) is 65.8 Å². The van der Waals surface area contributed by atoms with E-state index in [0.717, 1.165) is 13.0 Å². The molecule has 1 aromatic rings. The molecule has 0 spiro atoms. The van der Waals surface area contributed by atoms with Crippen LogP contribution in [0.2, 0.25) is 0 Å². The van der Waals surface area contributed by atoms with E-state index in [1.165, 1.54) is 23.7 Å². The van der Waals surface area contributed by atoms with Crippen molar-refractivity contribution in [2.75, 3.05) is 50.7 Å². The molecule has 0 N–H and O–H groups in total. The molecule has 0 aromatic heterocycles. The van der Waals surface area contributed by atoms with Gasteiger partial charge in [0.2, 0.25) is 0 Å². The van der Waals surface area contributed by atoms with E-state index in [4.69, 9.17) is 18.9 Å². The highest BCUT2D eigenvalue weighted by molar-refractivity contribution is 14.1. The van der Waals surface area contributed by atoms with Gasteiger partial charge >= 0.3 is 5.97 Å². The second kappa shape index (κ2) is 17.1. The van der Waals surface area contributed by atoms with Crippen LogP contribution in [0.15, 0.2) is 30.3 Å². The molecule has 0 unspecified atom stereocenters. The van der Waals surface area contributed by atoms with Crippen LogP contribution in [0.25, 0.3) is 0 Å². The van der Waals surface area contributed by atoms with Crippen LogP contribution < -0.4 is 0 Å². The van der Waals surface area contributed by atoms with Crippen molar-refractivity contribution < 1.29 is 28.5 Å². The number of esters is 1. The van der Waals surface area contributed by atoms with Crippen LogP contribution in [0.5, 0.6) is 0 Å². The number of alkyl halides is 1. The number of benzene rings is 1. The molecule has 0 radical (unpaired) electrons. The van der Waals surface area contributed by atoms with E-state index in [1.54, 1.807) is 30.3 Å². The van der Waals surface area contributed by atoms with Gasteiger partial charge in [-0.2, -0.15) is 0 Å². The van der Waals surface area contributed by atoms with Crippen LogP contribution in [-0.4, -0.2) is 62.4 Å². The molecular weight excluding hydrogens is 463 g/mol. The number of unbranched alkanes of at least 4 members (excludes halogenated alkanes) is 3. The Labute approximate surface area is 175 Å². The second-order valence-corrected chi connectivity index (χ2v) is 6.85. The molecule has 0 atom stereocenters. The lowest BCUT2D eigenvalue weighted by molar-refractivity contribution is -0.139. The molecule has 152 valence electrons. The van der Waals surface area contributed by atoms with Crippen molar-refractivity contribution in [1.29, 1.82) is 0 Å². The third kappa shape index (κ3) is 12.9. The first-order valence-electron chi connectivity index (χ1n) is 9.31. The van der Waals surface area contributed by atoms with Gasteiger partial charge in [0, 0.05) is 12.2 Å². The van der Waals surface area contributed by atoms with Gasteiger partial charge in [0.1, 0.15) is 6.61 Å². The summed E-state index contributed by atoms with van der Waals surface area (Å²) in [5.41, 5.74) is 0.319. The summed E-state index contributed by atoms with van der Waals surface area (Å²) in [6, 6.07) is 8.32. The van der Waals surface area contributed by atoms with Crippen LogP contribution in [0.3, 0.4) is 0 Å². The molecule has 0 heterocycles. The number of hydrogen-bond donors (Lipinski definition) is 0. The summed E-state index contributed by atoms with van der Waals surface area (Å²) in [7, 11) is 0. The molecule has 0 saturated carbocycles. The third-order valence-electron chi connectivity index (χ3n) is 3.60. The summed E-state index contributed by atoms with van der Waals surface area (Å²) >= 11 is 2.40. The number of ketones is 1. The lowest BCUT2D eigenvalue weighted by atomic mass is 10.1. The van der Waals surface area contributed by atoms with Gasteiger partial charge in [0.05, 0.1) is 33.0 Å². The fourth-order valence-corrected chi connectivity index (χ4v) is 2.70. The SMILES string of the molecule is O=C(OCCOCCOCCOCCCCCCI)C(=O)c1ccccc1. The number of halogens is 1. The molecule has 0 fully saturated rings. The number of Topliss-reactive ketones (excluding diaryl/α,β-unsaturated/α-hetero) is 1. The van der Waals surface area contributed by atoms with E-state index in [0.29, 0.717) is 32.0 Å². The first kappa shape index (κ1) is 24.0. The molecule has 0 amide bonds. The van der Waals surface area contributed by atoms with E-state index >= 15 is 0 Å². The quantitative estimate of drug-likeness (QED) is 0.0829. The summed E-state index contributed by atoms with van der Waals surface area (Å²) in [4.78, 5) is 23.4. The minimum absolute atomic E-state index is 0.0398. The van der Waals surface area contributed by atoms with Gasteiger partial charge < -0.3 is 18.9 Å². The van der Waals surface area contributed by atoms with E-state index in [2.05, 4.69) is 22.6 Å². The molecular formula is C20H29IO6. The Morgan fingerprint density at radius 3 is 1.89 bits per heavy atom. The molecule has 7 heteroatoms. The smallest absolute Gasteiger partial charge is 0.379 e. The molecule has 0 bridgehead atoms. The summed E-state index contributed by atoms with van der Waals surface area (Å²) in [5, 5.41) is 0. The largest absolute Gasteiger partial charge is 0.457 e. The molecule has 1 rings (SSSR count). The topological polar surface area (TPSA) is 71.1 Å². The fourth-order valence-electron chi connectivity index (χ4n) is 2.16. The van der Waals surface area contributed by atoms with Crippen LogP contribution >= 0.6 is 22.6 Å². The Hall–Kier alpha value is -1.03. The molecule has 27 heavy (non-hydrogen) atoms. The Morgan fingerprint density at radius 1 is 0.704 bits per heavy atom. The molecule has 6 nitrogen and oxygen atoms in total. The molecule has 0 aliphatic heterocycles. The standard InChI is InChI=1S/C20H29IO6/c21-10-6-1-2-7-11-24-12-13-25-14-15-26-16-17-27-20(23)19(22)18-8-4-3-5-9-18/h3-5,8-9H,1-2,6-7,10-17H2. The van der Waals surface area contributed by atoms with Crippen LogP contribution in [-0.2, 0) is 23.7 Å². The lowest BCUT2D eigenvalue weighted by Gasteiger charge is -2.07. The fraction of sp³-hybridized carbons (Fsp3) is 0.600. The first-order valence-corrected chi connectivity index (χ1v) is 10.8. The highest BCUT2D eigenvalue weighted by Gasteiger charge is 2.16. The van der Waals surface area contributed by atoms with Gasteiger partial charge in [-0.15, -0.1) is 0 Å². The Bertz CT molecular complexity index is 508. The monoisotopic (exact) mass is 492 g/mol. The Balaban J connectivity index is 1.85. The summed E-state index contributed by atoms with van der Waals surface area (Å²) < 4.78 is 22.3. The highest BCUT2D eigenvalue weighted by atomic mass is 127. The van der Waals surface area contributed by atoms with Crippen LogP contribution in [0, 0.1) is 0 Å². The highest BCUT2D eigenvalue weighted by Crippen LogP contribution is 2.02. The predicted molar refractivity (Wildman–Crippen MR) is 112 cm³/mol. The summed E-state index contributed by atoms with van der Waals surface area (Å²) in [6.07, 6.45) is 4.88. The number of carbonyl (C=O) groups is 2. The average Bonchev–Trinajstić information content (AvgIpc) is 2.70. The first-order chi connectivity index (χ1) is 13.3. The maximum atomic E-state index is 11.8. The number of carbonyl (C=O) groups excluding carboxylic acids is 2. The van der Waals surface area contributed by atoms with Crippen molar-refractivity contribution in [1.82, 2.24) is 0 Å². The Kier molecular flexibility index (Phi) is 15.2. The molecule has 0 aliphatic carbocycles. The van der Waals surface area contributed by atoms with Gasteiger partial charge in [-0.25, -0.2) is 4.79 Å². The zero-order valence-corrected chi connectivity index (χ0v) is 17.9. The summed E-state index contributed by atoms with van der Waals surface area (Å²) in [5.74, 6) is -1.52. The lowest BCUT2D eigenvalue weighted by Crippen LogP contribution is -2.20. The van der Waals surface area contributed by atoms with E-state index in [9.17, 15) is 9.59 Å². The normalized spacial score (nSPS) is 10.7. The van der Waals surface area contributed by atoms with Gasteiger partial charge in [-0.05, 0) is 17.3 Å². The van der Waals surface area contributed by atoms with E-state index in [1.807, 2.05) is 0 Å². The van der Waals surface area contributed by atoms with Gasteiger partial charge in [0.15, 0.2) is 0 Å². The maximum Gasteiger partial charge on any atom is 0.379 e. The van der Waals surface area contributed by atoms with Crippen molar-refractivity contribution in [2.45, 2.75) is 25.7 Å². The van der Waals surface area contributed by atoms with Crippen LogP contribution in [0.4, 0.5) is 0 Å². The number of ether oxygens (including phenoxy) is 4. The minimum Gasteiger partial charge on any atom is -0.457 e. The second-order valence-electron chi connectivity index (χ2n) is 5.77. The summed E-state index contributed by atoms with van der Waals surface area (Å²) in [6.45, 7) is 3.04. The third-order valence-corrected chi connectivity index (χ3v) is 4.36. The predicted octanol–water partition coefficient (Wildman–Crippen LogP) is 3.46. The average molecular weight is 492 g/mol. The van der Waals surface area contributed by atoms with Gasteiger partial charge in [0.25, 0.3) is 5.78 Å². The van der Waals surface area contributed by atoms with Crippen molar-refractivity contribution in [3.63, 3.8) is 0 Å². The van der Waals surface area contributed by atoms with E-state index < -0.39 is 11.8 Å². The zero-order valence-electron chi connectivity index (χ0n) is 15.7. The van der Waals surface area contributed by atoms with Crippen molar-refractivity contribution in [3.05, 3.63) is 35.9 Å². The molecule has 0 saturated heterocycles. The van der Waals surface area contributed by atoms with Crippen molar-refractivity contribution in [3.8, 4) is 0 Å². The van der Waals surface area contributed by atoms with Crippen molar-refractivity contribution in [2.24, 2.45) is 0 Å². The number of hydrogen-bond acceptors (Lipinski definition) is 6. The molecule has 0 aliphatic rings. The maximum absolute atomic E-state index is 11.8. The van der Waals surface area contributed by atoms with Gasteiger partial charge in [-0.3, -0.25) is 4.79 Å². The van der Waals surface area contributed by atoms with Crippen LogP contribution in [0.1, 0.15) is 36.0 Å². The number of rotatable bonds is 17. The molecule has 1 aromatic carbocycles. The minimum atomic E-state index is -0.868.